The molecule has 0 radical (unpaired) electrons. The lowest BCUT2D eigenvalue weighted by atomic mass is 9.62. The summed E-state index contributed by atoms with van der Waals surface area (Å²) in [5, 5.41) is 19.3. The van der Waals surface area contributed by atoms with Gasteiger partial charge in [0.1, 0.15) is 0 Å². The molecular weight excluding hydrogens is 228 g/mol. The van der Waals surface area contributed by atoms with Gasteiger partial charge in [-0.15, -0.1) is 0 Å². The summed E-state index contributed by atoms with van der Waals surface area (Å²) in [7, 11) is 0. The fourth-order valence-corrected chi connectivity index (χ4v) is 3.14. The monoisotopic (exact) mass is 256 g/mol. The maximum Gasteiger partial charge on any atom is 0.309 e. The maximum absolute atomic E-state index is 11.6. The zero-order chi connectivity index (χ0) is 14.0. The molecule has 0 heterocycles. The zero-order valence-corrected chi connectivity index (χ0v) is 12.2. The molecule has 1 saturated carbocycles. The van der Waals surface area contributed by atoms with Crippen LogP contribution in [0.5, 0.6) is 0 Å². The van der Waals surface area contributed by atoms with Gasteiger partial charge in [-0.3, -0.25) is 4.79 Å². The Bertz CT molecular complexity index is 283. The van der Waals surface area contributed by atoms with Gasteiger partial charge in [-0.05, 0) is 49.9 Å². The lowest BCUT2D eigenvalue weighted by Crippen LogP contribution is -2.40. The van der Waals surface area contributed by atoms with Crippen molar-refractivity contribution in [2.45, 2.75) is 72.3 Å². The molecule has 0 spiro atoms. The molecule has 1 rings (SSSR count). The van der Waals surface area contributed by atoms with Crippen LogP contribution in [0.3, 0.4) is 0 Å². The van der Waals surface area contributed by atoms with Crippen molar-refractivity contribution in [2.75, 3.05) is 0 Å². The summed E-state index contributed by atoms with van der Waals surface area (Å²) < 4.78 is 0. The Balaban J connectivity index is 2.72. The van der Waals surface area contributed by atoms with E-state index >= 15 is 0 Å². The second-order valence-electron chi connectivity index (χ2n) is 6.99. The lowest BCUT2D eigenvalue weighted by Gasteiger charge is -2.42. The van der Waals surface area contributed by atoms with Crippen LogP contribution in [-0.4, -0.2) is 22.3 Å². The minimum atomic E-state index is -0.720. The number of carbonyl (C=O) groups is 1. The molecule has 1 aliphatic carbocycles. The van der Waals surface area contributed by atoms with E-state index in [9.17, 15) is 15.0 Å². The lowest BCUT2D eigenvalue weighted by molar-refractivity contribution is -0.155. The van der Waals surface area contributed by atoms with Gasteiger partial charge in [-0.2, -0.15) is 0 Å². The normalized spacial score (nSPS) is 31.1. The van der Waals surface area contributed by atoms with Gasteiger partial charge in [0.2, 0.25) is 0 Å². The molecular formula is C15H28O3. The number of hydrogen-bond donors (Lipinski definition) is 2. The summed E-state index contributed by atoms with van der Waals surface area (Å²) in [6.07, 6.45) is 3.92. The van der Waals surface area contributed by atoms with Crippen LogP contribution >= 0.6 is 0 Å². The molecule has 0 amide bonds. The van der Waals surface area contributed by atoms with Crippen molar-refractivity contribution in [2.24, 2.45) is 16.7 Å². The number of carboxylic acid groups (broad SMARTS) is 1. The van der Waals surface area contributed by atoms with Gasteiger partial charge >= 0.3 is 5.97 Å². The van der Waals surface area contributed by atoms with Gasteiger partial charge in [0.05, 0.1) is 11.5 Å². The van der Waals surface area contributed by atoms with Crippen LogP contribution in [0.1, 0.15) is 66.2 Å². The summed E-state index contributed by atoms with van der Waals surface area (Å²) in [6.45, 7) is 8.59. The van der Waals surface area contributed by atoms with Gasteiger partial charge in [-0.1, -0.05) is 27.7 Å². The Labute approximate surface area is 111 Å². The van der Waals surface area contributed by atoms with Crippen LogP contribution in [0.15, 0.2) is 0 Å². The number of aliphatic hydroxyl groups excluding tert-OH is 1. The molecule has 2 N–H and O–H groups in total. The minimum absolute atomic E-state index is 0.258. The van der Waals surface area contributed by atoms with Crippen LogP contribution in [0.4, 0.5) is 0 Å². The van der Waals surface area contributed by atoms with Crippen molar-refractivity contribution in [3.63, 3.8) is 0 Å². The third-order valence-electron chi connectivity index (χ3n) is 4.72. The van der Waals surface area contributed by atoms with Crippen LogP contribution in [-0.2, 0) is 4.79 Å². The van der Waals surface area contributed by atoms with E-state index in [0.717, 1.165) is 12.8 Å². The summed E-state index contributed by atoms with van der Waals surface area (Å²) >= 11 is 0. The second kappa shape index (κ2) is 5.60. The summed E-state index contributed by atoms with van der Waals surface area (Å²) in [4.78, 5) is 11.6. The average Bonchev–Trinajstić information content (AvgIpc) is 2.28. The van der Waals surface area contributed by atoms with E-state index in [2.05, 4.69) is 20.8 Å². The highest BCUT2D eigenvalue weighted by molar-refractivity contribution is 5.74. The van der Waals surface area contributed by atoms with Gasteiger partial charge < -0.3 is 10.2 Å². The molecule has 18 heavy (non-hydrogen) atoms. The number of aliphatic carboxylic acids is 1. The standard InChI is InChI=1S/C15H28O3/c1-5-12(16)10-15(13(17)18)8-6-11(7-9-15)14(2,3)4/h11-12,16H,5-10H2,1-4H3,(H,17,18). The van der Waals surface area contributed by atoms with E-state index in [1.165, 1.54) is 0 Å². The van der Waals surface area contributed by atoms with Gasteiger partial charge in [-0.25, -0.2) is 0 Å². The van der Waals surface area contributed by atoms with E-state index in [-0.39, 0.29) is 5.41 Å². The molecule has 3 heteroatoms. The van der Waals surface area contributed by atoms with E-state index in [4.69, 9.17) is 0 Å². The molecule has 0 aliphatic heterocycles. The van der Waals surface area contributed by atoms with Crippen LogP contribution in [0.25, 0.3) is 0 Å². The first-order valence-electron chi connectivity index (χ1n) is 7.13. The molecule has 106 valence electrons. The van der Waals surface area contributed by atoms with Crippen LogP contribution < -0.4 is 0 Å². The molecule has 0 aromatic rings. The first kappa shape index (κ1) is 15.5. The SMILES string of the molecule is CCC(O)CC1(C(=O)O)CCC(C(C)(C)C)CC1. The third-order valence-corrected chi connectivity index (χ3v) is 4.72. The molecule has 1 fully saturated rings. The molecule has 0 aromatic carbocycles. The Hall–Kier alpha value is -0.570. The summed E-state index contributed by atoms with van der Waals surface area (Å²) in [5.74, 6) is -0.119. The fourth-order valence-electron chi connectivity index (χ4n) is 3.14. The predicted octanol–water partition coefficient (Wildman–Crippen LogP) is 3.45. The summed E-state index contributed by atoms with van der Waals surface area (Å²) in [5.41, 5.74) is -0.425. The highest BCUT2D eigenvalue weighted by Gasteiger charge is 2.44. The first-order chi connectivity index (χ1) is 8.21. The van der Waals surface area contributed by atoms with Crippen LogP contribution in [0, 0.1) is 16.7 Å². The second-order valence-corrected chi connectivity index (χ2v) is 6.99. The van der Waals surface area contributed by atoms with Crippen molar-refractivity contribution in [1.29, 1.82) is 0 Å². The van der Waals surface area contributed by atoms with Crippen molar-refractivity contribution in [3.05, 3.63) is 0 Å². The first-order valence-corrected chi connectivity index (χ1v) is 7.13. The average molecular weight is 256 g/mol. The minimum Gasteiger partial charge on any atom is -0.481 e. The van der Waals surface area contributed by atoms with Crippen molar-refractivity contribution < 1.29 is 15.0 Å². The third kappa shape index (κ3) is 3.47. The number of rotatable bonds is 4. The topological polar surface area (TPSA) is 57.5 Å². The van der Waals surface area contributed by atoms with Gasteiger partial charge in [0.25, 0.3) is 0 Å². The molecule has 0 saturated heterocycles. The predicted molar refractivity (Wildman–Crippen MR) is 72.4 cm³/mol. The van der Waals surface area contributed by atoms with Crippen LogP contribution in [0.2, 0.25) is 0 Å². The van der Waals surface area contributed by atoms with Gasteiger partial charge in [0, 0.05) is 0 Å². The van der Waals surface area contributed by atoms with E-state index in [1.807, 2.05) is 6.92 Å². The quantitative estimate of drug-likeness (QED) is 0.810. The molecule has 3 nitrogen and oxygen atoms in total. The Morgan fingerprint density at radius 1 is 1.33 bits per heavy atom. The summed E-state index contributed by atoms with van der Waals surface area (Å²) in [6, 6.07) is 0. The Morgan fingerprint density at radius 3 is 2.17 bits per heavy atom. The molecule has 0 aromatic heterocycles. The van der Waals surface area contributed by atoms with E-state index in [0.29, 0.717) is 31.6 Å². The number of carboxylic acids is 1. The van der Waals surface area contributed by atoms with E-state index in [1.54, 1.807) is 0 Å². The van der Waals surface area contributed by atoms with Crippen molar-refractivity contribution in [1.82, 2.24) is 0 Å². The fraction of sp³-hybridized carbons (Fsp3) is 0.933. The molecule has 1 atom stereocenters. The molecule has 1 unspecified atom stereocenters. The highest BCUT2D eigenvalue weighted by atomic mass is 16.4. The Morgan fingerprint density at radius 2 is 1.83 bits per heavy atom. The van der Waals surface area contributed by atoms with Crippen molar-refractivity contribution >= 4 is 5.97 Å². The largest absolute Gasteiger partial charge is 0.481 e. The highest BCUT2D eigenvalue weighted by Crippen LogP contribution is 2.47. The van der Waals surface area contributed by atoms with Crippen molar-refractivity contribution in [3.8, 4) is 0 Å². The zero-order valence-electron chi connectivity index (χ0n) is 12.2. The molecule has 0 bridgehead atoms. The number of hydrogen-bond acceptors (Lipinski definition) is 2. The Kier molecular flexibility index (Phi) is 4.82. The number of aliphatic hydroxyl groups is 1. The van der Waals surface area contributed by atoms with E-state index < -0.39 is 17.5 Å². The smallest absolute Gasteiger partial charge is 0.309 e. The molecule has 1 aliphatic rings. The maximum atomic E-state index is 11.6. The van der Waals surface area contributed by atoms with Gasteiger partial charge in [0.15, 0.2) is 0 Å².